The minimum absolute atomic E-state index is 0.180. The number of sulfonamides is 1. The van der Waals surface area contributed by atoms with Crippen LogP contribution in [0, 0.1) is 0 Å². The minimum Gasteiger partial charge on any atom is -0.443 e. The Bertz CT molecular complexity index is 1700. The summed E-state index contributed by atoms with van der Waals surface area (Å²) in [6.45, 7) is 0.258. The van der Waals surface area contributed by atoms with Crippen molar-refractivity contribution in [2.45, 2.75) is 22.5 Å². The van der Waals surface area contributed by atoms with E-state index in [1.54, 1.807) is 48.5 Å². The molecule has 4 aromatic rings. The highest BCUT2D eigenvalue weighted by Gasteiger charge is 2.37. The van der Waals surface area contributed by atoms with Gasteiger partial charge in [0.25, 0.3) is 10.0 Å². The molecule has 0 saturated carbocycles. The van der Waals surface area contributed by atoms with E-state index >= 15 is 0 Å². The standard InChI is InChI=1S/C24H20ClN3O6S2/c1-35(30,31)21-5-3-2-4-18(21)15-6-9-22(26-14-15)28-11-10-19(24(28)29)27-36(32,33)23-13-16-12-17(25)7-8-20(16)34-23/h2-9,12-14,19,27H,10-11H2,1H3. The SMILES string of the molecule is CS(=O)(=O)c1ccccc1-c1ccc(N2CCC(NS(=O)(=O)c3cc4cc(Cl)ccc4o3)C2=O)nc1. The molecular formula is C24H20ClN3O6S2. The van der Waals surface area contributed by atoms with E-state index in [9.17, 15) is 21.6 Å². The van der Waals surface area contributed by atoms with Crippen LogP contribution in [0.25, 0.3) is 22.1 Å². The number of benzene rings is 2. The number of amides is 1. The zero-order valence-electron chi connectivity index (χ0n) is 18.9. The quantitative estimate of drug-likeness (QED) is 0.392. The number of furan rings is 1. The first-order valence-corrected chi connectivity index (χ1v) is 14.6. The highest BCUT2D eigenvalue weighted by Crippen LogP contribution is 2.30. The molecule has 2 aromatic carbocycles. The van der Waals surface area contributed by atoms with Crippen molar-refractivity contribution in [3.05, 3.63) is 71.9 Å². The second-order valence-electron chi connectivity index (χ2n) is 8.37. The van der Waals surface area contributed by atoms with Crippen LogP contribution in [-0.4, -0.2) is 46.6 Å². The normalized spacial score (nSPS) is 16.7. The Morgan fingerprint density at radius 2 is 1.83 bits per heavy atom. The van der Waals surface area contributed by atoms with E-state index in [-0.39, 0.29) is 23.0 Å². The molecule has 0 spiro atoms. The lowest BCUT2D eigenvalue weighted by atomic mass is 10.1. The van der Waals surface area contributed by atoms with Gasteiger partial charge in [-0.25, -0.2) is 21.8 Å². The van der Waals surface area contributed by atoms with E-state index < -0.39 is 31.8 Å². The highest BCUT2D eigenvalue weighted by molar-refractivity contribution is 7.90. The molecule has 9 nitrogen and oxygen atoms in total. The van der Waals surface area contributed by atoms with Gasteiger partial charge >= 0.3 is 0 Å². The summed E-state index contributed by atoms with van der Waals surface area (Å²) in [6.07, 6.45) is 2.87. The van der Waals surface area contributed by atoms with Crippen LogP contribution in [0.2, 0.25) is 5.02 Å². The van der Waals surface area contributed by atoms with Gasteiger partial charge in [0.15, 0.2) is 9.84 Å². The number of nitrogens with one attached hydrogen (secondary N) is 1. The Kier molecular flexibility index (Phi) is 6.11. The van der Waals surface area contributed by atoms with Gasteiger partial charge in [-0.1, -0.05) is 29.8 Å². The minimum atomic E-state index is -4.10. The largest absolute Gasteiger partial charge is 0.443 e. The van der Waals surface area contributed by atoms with Crippen molar-refractivity contribution >= 4 is 54.2 Å². The second-order valence-corrected chi connectivity index (χ2v) is 12.4. The summed E-state index contributed by atoms with van der Waals surface area (Å²) in [5, 5.41) is 0.669. The molecule has 1 aliphatic rings. The molecule has 0 aliphatic carbocycles. The van der Waals surface area contributed by atoms with Gasteiger partial charge in [-0.15, -0.1) is 0 Å². The topological polar surface area (TPSA) is 127 Å². The fourth-order valence-electron chi connectivity index (χ4n) is 4.12. The average Bonchev–Trinajstić information content (AvgIpc) is 3.42. The molecular weight excluding hydrogens is 526 g/mol. The Balaban J connectivity index is 1.34. The molecule has 12 heteroatoms. The van der Waals surface area contributed by atoms with Crippen molar-refractivity contribution in [2.75, 3.05) is 17.7 Å². The van der Waals surface area contributed by atoms with Crippen molar-refractivity contribution in [3.63, 3.8) is 0 Å². The first-order valence-electron chi connectivity index (χ1n) is 10.8. The number of sulfone groups is 1. The molecule has 36 heavy (non-hydrogen) atoms. The van der Waals surface area contributed by atoms with E-state index in [1.165, 1.54) is 23.2 Å². The van der Waals surface area contributed by atoms with Crippen molar-refractivity contribution in [1.29, 1.82) is 0 Å². The molecule has 1 atom stereocenters. The van der Waals surface area contributed by atoms with Crippen molar-refractivity contribution in [2.24, 2.45) is 0 Å². The fourth-order valence-corrected chi connectivity index (χ4v) is 6.40. The molecule has 1 aliphatic heterocycles. The second kappa shape index (κ2) is 9.00. The van der Waals surface area contributed by atoms with Crippen molar-refractivity contribution in [1.82, 2.24) is 9.71 Å². The number of rotatable bonds is 6. The predicted octanol–water partition coefficient (Wildman–Crippen LogP) is 3.64. The lowest BCUT2D eigenvalue weighted by Gasteiger charge is -2.16. The predicted molar refractivity (Wildman–Crippen MR) is 135 cm³/mol. The third-order valence-corrected chi connectivity index (χ3v) is 8.56. The van der Waals surface area contributed by atoms with Crippen LogP contribution in [0.4, 0.5) is 5.82 Å². The summed E-state index contributed by atoms with van der Waals surface area (Å²) in [4.78, 5) is 18.9. The summed E-state index contributed by atoms with van der Waals surface area (Å²) >= 11 is 5.96. The number of aromatic nitrogens is 1. The summed E-state index contributed by atoms with van der Waals surface area (Å²) in [5.41, 5.74) is 1.44. The smallest absolute Gasteiger partial charge is 0.274 e. The molecule has 5 rings (SSSR count). The number of pyridine rings is 1. The summed E-state index contributed by atoms with van der Waals surface area (Å²) < 4.78 is 57.9. The van der Waals surface area contributed by atoms with Gasteiger partial charge in [0.2, 0.25) is 11.0 Å². The molecule has 1 unspecified atom stereocenters. The van der Waals surface area contributed by atoms with E-state index in [2.05, 4.69) is 9.71 Å². The van der Waals surface area contributed by atoms with Crippen LogP contribution in [0.1, 0.15) is 6.42 Å². The monoisotopic (exact) mass is 545 g/mol. The van der Waals surface area contributed by atoms with Crippen LogP contribution < -0.4 is 9.62 Å². The van der Waals surface area contributed by atoms with Crippen LogP contribution in [-0.2, 0) is 24.7 Å². The number of hydrogen-bond donors (Lipinski definition) is 1. The molecule has 1 N–H and O–H groups in total. The highest BCUT2D eigenvalue weighted by atomic mass is 35.5. The lowest BCUT2D eigenvalue weighted by molar-refractivity contribution is -0.118. The van der Waals surface area contributed by atoms with Crippen LogP contribution in [0.5, 0.6) is 0 Å². The number of halogens is 1. The Morgan fingerprint density at radius 3 is 2.56 bits per heavy atom. The Hall–Kier alpha value is -3.25. The summed E-state index contributed by atoms with van der Waals surface area (Å²) in [7, 11) is -7.55. The number of carbonyl (C=O) groups excluding carboxylic acids is 1. The van der Waals surface area contributed by atoms with Crippen molar-refractivity contribution < 1.29 is 26.0 Å². The van der Waals surface area contributed by atoms with Gasteiger partial charge in [-0.3, -0.25) is 9.69 Å². The summed E-state index contributed by atoms with van der Waals surface area (Å²) in [5.74, 6) is -0.116. The Labute approximate surface area is 212 Å². The number of carbonyl (C=O) groups is 1. The number of hydrogen-bond acceptors (Lipinski definition) is 7. The fraction of sp³-hybridized carbons (Fsp3) is 0.167. The maximum absolute atomic E-state index is 13.0. The summed E-state index contributed by atoms with van der Waals surface area (Å²) in [6, 6.07) is 15.0. The third kappa shape index (κ3) is 4.62. The van der Waals surface area contributed by atoms with Gasteiger partial charge in [-0.05, 0) is 42.8 Å². The maximum atomic E-state index is 13.0. The average molecular weight is 546 g/mol. The van der Waals surface area contributed by atoms with Gasteiger partial charge in [0.1, 0.15) is 17.4 Å². The molecule has 1 amide bonds. The molecule has 0 bridgehead atoms. The number of anilines is 1. The van der Waals surface area contributed by atoms with Gasteiger partial charge < -0.3 is 4.42 Å². The first-order chi connectivity index (χ1) is 17.0. The van der Waals surface area contributed by atoms with E-state index in [0.717, 1.165) is 6.26 Å². The van der Waals surface area contributed by atoms with E-state index in [4.69, 9.17) is 16.0 Å². The van der Waals surface area contributed by atoms with Gasteiger partial charge in [-0.2, -0.15) is 4.72 Å². The number of fused-ring (bicyclic) bond motifs is 1. The molecule has 1 saturated heterocycles. The molecule has 3 heterocycles. The molecule has 2 aromatic heterocycles. The molecule has 1 fully saturated rings. The number of nitrogens with zero attached hydrogens (tertiary/aromatic N) is 2. The van der Waals surface area contributed by atoms with Crippen LogP contribution in [0.3, 0.4) is 0 Å². The van der Waals surface area contributed by atoms with Gasteiger partial charge in [0.05, 0.1) is 4.90 Å². The van der Waals surface area contributed by atoms with Crippen molar-refractivity contribution in [3.8, 4) is 11.1 Å². The van der Waals surface area contributed by atoms with Crippen LogP contribution in [0.15, 0.2) is 81.3 Å². The van der Waals surface area contributed by atoms with Crippen LogP contribution >= 0.6 is 11.6 Å². The van der Waals surface area contributed by atoms with E-state index in [0.29, 0.717) is 32.9 Å². The molecule has 0 radical (unpaired) electrons. The maximum Gasteiger partial charge on any atom is 0.274 e. The zero-order valence-corrected chi connectivity index (χ0v) is 21.3. The zero-order chi connectivity index (χ0) is 25.7. The lowest BCUT2D eigenvalue weighted by Crippen LogP contribution is -2.41. The Morgan fingerprint density at radius 1 is 1.06 bits per heavy atom. The first kappa shape index (κ1) is 24.4. The van der Waals surface area contributed by atoms with Gasteiger partial charge in [0, 0.05) is 46.6 Å². The van der Waals surface area contributed by atoms with E-state index in [1.807, 2.05) is 0 Å². The molecule has 186 valence electrons. The third-order valence-electron chi connectivity index (χ3n) is 5.85.